The monoisotopic (exact) mass is 264 g/mol. The zero-order valence-electron chi connectivity index (χ0n) is 12.0. The van der Waals surface area contributed by atoms with Crippen LogP contribution in [0.5, 0.6) is 5.75 Å². The largest absolute Gasteiger partial charge is 0.491 e. The third-order valence-electron chi connectivity index (χ3n) is 3.17. The van der Waals surface area contributed by atoms with E-state index in [0.29, 0.717) is 0 Å². The number of nitrogens with one attached hydrogen (secondary N) is 1. The van der Waals surface area contributed by atoms with Gasteiger partial charge in [0.25, 0.3) is 0 Å². The summed E-state index contributed by atoms with van der Waals surface area (Å²) < 4.78 is 5.67. The highest BCUT2D eigenvalue weighted by Crippen LogP contribution is 2.15. The minimum Gasteiger partial charge on any atom is -0.491 e. The van der Waals surface area contributed by atoms with Crippen molar-refractivity contribution < 1.29 is 9.53 Å². The highest BCUT2D eigenvalue weighted by Gasteiger charge is 2.31. The maximum atomic E-state index is 11.5. The van der Waals surface area contributed by atoms with E-state index in [0.717, 1.165) is 25.1 Å². The van der Waals surface area contributed by atoms with E-state index in [-0.39, 0.29) is 6.61 Å². The van der Waals surface area contributed by atoms with Gasteiger partial charge < -0.3 is 15.8 Å². The number of benzene rings is 1. The molecule has 0 aliphatic rings. The highest BCUT2D eigenvalue weighted by molar-refractivity contribution is 5.84. The number of nitrogens with two attached hydrogens (primary N) is 1. The number of aryl methyl sites for hydroxylation is 1. The number of carbonyl (C=O) groups is 1. The second-order valence-corrected chi connectivity index (χ2v) is 4.91. The van der Waals surface area contributed by atoms with Gasteiger partial charge in [-0.15, -0.1) is 0 Å². The fourth-order valence-electron chi connectivity index (χ4n) is 1.66. The quantitative estimate of drug-likeness (QED) is 0.753. The molecule has 106 valence electrons. The van der Waals surface area contributed by atoms with Gasteiger partial charge in [0, 0.05) is 0 Å². The molecule has 1 aromatic carbocycles. The van der Waals surface area contributed by atoms with E-state index >= 15 is 0 Å². The molecule has 1 rings (SSSR count). The van der Waals surface area contributed by atoms with Crippen molar-refractivity contribution >= 4 is 5.91 Å². The van der Waals surface area contributed by atoms with Gasteiger partial charge in [-0.1, -0.05) is 26.0 Å². The van der Waals surface area contributed by atoms with Crippen molar-refractivity contribution in [2.75, 3.05) is 13.2 Å². The molecular formula is C15H24N2O2. The van der Waals surface area contributed by atoms with Crippen LogP contribution in [0.1, 0.15) is 32.8 Å². The van der Waals surface area contributed by atoms with Gasteiger partial charge in [0.2, 0.25) is 5.91 Å². The molecule has 0 bridgehead atoms. The number of primary amides is 1. The summed E-state index contributed by atoms with van der Waals surface area (Å²) in [5.74, 6) is 0.356. The van der Waals surface area contributed by atoms with Crippen molar-refractivity contribution in [2.45, 2.75) is 39.2 Å². The molecule has 0 heterocycles. The van der Waals surface area contributed by atoms with Crippen LogP contribution in [0.2, 0.25) is 0 Å². The van der Waals surface area contributed by atoms with Crippen molar-refractivity contribution in [3.05, 3.63) is 29.8 Å². The molecule has 0 saturated heterocycles. The summed E-state index contributed by atoms with van der Waals surface area (Å²) in [4.78, 5) is 11.5. The molecule has 3 N–H and O–H groups in total. The lowest BCUT2D eigenvalue weighted by Gasteiger charge is -2.27. The van der Waals surface area contributed by atoms with Crippen LogP contribution in [0.25, 0.3) is 0 Å². The fraction of sp³-hybridized carbons (Fsp3) is 0.533. The molecule has 4 heteroatoms. The van der Waals surface area contributed by atoms with Crippen molar-refractivity contribution in [1.82, 2.24) is 5.32 Å². The van der Waals surface area contributed by atoms with Crippen molar-refractivity contribution in [2.24, 2.45) is 5.73 Å². The Labute approximate surface area is 115 Å². The minimum atomic E-state index is -0.834. The van der Waals surface area contributed by atoms with Crippen LogP contribution in [-0.2, 0) is 11.2 Å². The number of rotatable bonds is 8. The Morgan fingerprint density at radius 2 is 1.95 bits per heavy atom. The first kappa shape index (κ1) is 15.5. The van der Waals surface area contributed by atoms with Crippen molar-refractivity contribution in [3.63, 3.8) is 0 Å². The Kier molecular flexibility index (Phi) is 5.83. The Hall–Kier alpha value is -1.55. The Bertz CT molecular complexity index is 403. The van der Waals surface area contributed by atoms with Crippen LogP contribution in [0.4, 0.5) is 0 Å². The average Bonchev–Trinajstić information content (AvgIpc) is 2.43. The normalized spacial score (nSPS) is 13.8. The van der Waals surface area contributed by atoms with Crippen molar-refractivity contribution in [3.8, 4) is 5.75 Å². The molecule has 4 nitrogen and oxygen atoms in total. The van der Waals surface area contributed by atoms with Gasteiger partial charge in [0.1, 0.15) is 17.9 Å². The first-order chi connectivity index (χ1) is 9.01. The second kappa shape index (κ2) is 7.14. The number of hydrogen-bond donors (Lipinski definition) is 2. The molecule has 1 unspecified atom stereocenters. The lowest BCUT2D eigenvalue weighted by Crippen LogP contribution is -2.57. The molecule has 0 fully saturated rings. The lowest BCUT2D eigenvalue weighted by molar-refractivity contribution is -0.125. The molecule has 19 heavy (non-hydrogen) atoms. The van der Waals surface area contributed by atoms with E-state index in [1.165, 1.54) is 5.56 Å². The first-order valence-electron chi connectivity index (χ1n) is 6.78. The molecule has 0 saturated carbocycles. The molecule has 1 amide bonds. The number of hydrogen-bond acceptors (Lipinski definition) is 3. The zero-order chi connectivity index (χ0) is 14.3. The van der Waals surface area contributed by atoms with Gasteiger partial charge >= 0.3 is 0 Å². The molecule has 0 spiro atoms. The maximum Gasteiger partial charge on any atom is 0.240 e. The van der Waals surface area contributed by atoms with E-state index in [9.17, 15) is 4.79 Å². The van der Waals surface area contributed by atoms with Crippen molar-refractivity contribution in [1.29, 1.82) is 0 Å². The van der Waals surface area contributed by atoms with Gasteiger partial charge in [0.15, 0.2) is 0 Å². The SMILES string of the molecule is CCCNC(C)(COc1ccc(CC)cc1)C(N)=O. The second-order valence-electron chi connectivity index (χ2n) is 4.91. The average molecular weight is 264 g/mol. The van der Waals surface area contributed by atoms with E-state index in [2.05, 4.69) is 12.2 Å². The summed E-state index contributed by atoms with van der Waals surface area (Å²) >= 11 is 0. The molecule has 1 aromatic rings. The predicted molar refractivity (Wildman–Crippen MR) is 77.2 cm³/mol. The van der Waals surface area contributed by atoms with Gasteiger partial charge in [-0.3, -0.25) is 4.79 Å². The first-order valence-corrected chi connectivity index (χ1v) is 6.78. The third-order valence-corrected chi connectivity index (χ3v) is 3.17. The summed E-state index contributed by atoms with van der Waals surface area (Å²) in [7, 11) is 0. The van der Waals surface area contributed by atoms with Gasteiger partial charge in [-0.05, 0) is 44.0 Å². The van der Waals surface area contributed by atoms with E-state index in [1.54, 1.807) is 6.92 Å². The third kappa shape index (κ3) is 4.56. The maximum absolute atomic E-state index is 11.5. The Morgan fingerprint density at radius 1 is 1.32 bits per heavy atom. The van der Waals surface area contributed by atoms with E-state index < -0.39 is 11.4 Å². The summed E-state index contributed by atoms with van der Waals surface area (Å²) in [6.45, 7) is 6.88. The van der Waals surface area contributed by atoms with Crippen LogP contribution in [0.15, 0.2) is 24.3 Å². The Balaban J connectivity index is 2.62. The van der Waals surface area contributed by atoms with Crippen LogP contribution < -0.4 is 15.8 Å². The zero-order valence-corrected chi connectivity index (χ0v) is 12.0. The van der Waals surface area contributed by atoms with Gasteiger partial charge in [-0.25, -0.2) is 0 Å². The highest BCUT2D eigenvalue weighted by atomic mass is 16.5. The Morgan fingerprint density at radius 3 is 2.42 bits per heavy atom. The van der Waals surface area contributed by atoms with Crippen LogP contribution in [0, 0.1) is 0 Å². The number of ether oxygens (including phenoxy) is 1. The smallest absolute Gasteiger partial charge is 0.240 e. The summed E-state index contributed by atoms with van der Waals surface area (Å²) in [5.41, 5.74) is 5.86. The molecule has 0 aliphatic heterocycles. The lowest BCUT2D eigenvalue weighted by atomic mass is 10.0. The van der Waals surface area contributed by atoms with Crippen LogP contribution in [-0.4, -0.2) is 24.6 Å². The molecule has 0 radical (unpaired) electrons. The molecular weight excluding hydrogens is 240 g/mol. The summed E-state index contributed by atoms with van der Waals surface area (Å²) in [6, 6.07) is 7.88. The van der Waals surface area contributed by atoms with Gasteiger partial charge in [-0.2, -0.15) is 0 Å². The summed E-state index contributed by atoms with van der Waals surface area (Å²) in [5, 5.41) is 3.14. The topological polar surface area (TPSA) is 64.3 Å². The molecule has 0 aromatic heterocycles. The summed E-state index contributed by atoms with van der Waals surface area (Å²) in [6.07, 6.45) is 1.94. The standard InChI is InChI=1S/C15H24N2O2/c1-4-10-17-15(3,14(16)18)11-19-13-8-6-12(5-2)7-9-13/h6-9,17H,4-5,10-11H2,1-3H3,(H2,16,18). The number of carbonyl (C=O) groups excluding carboxylic acids is 1. The number of amides is 1. The fourth-order valence-corrected chi connectivity index (χ4v) is 1.66. The van der Waals surface area contributed by atoms with Crippen LogP contribution in [0.3, 0.4) is 0 Å². The minimum absolute atomic E-state index is 0.230. The predicted octanol–water partition coefficient (Wildman–Crippen LogP) is 1.87. The van der Waals surface area contributed by atoms with Crippen LogP contribution >= 0.6 is 0 Å². The molecule has 1 atom stereocenters. The van der Waals surface area contributed by atoms with E-state index in [1.807, 2.05) is 31.2 Å². The van der Waals surface area contributed by atoms with Gasteiger partial charge in [0.05, 0.1) is 0 Å². The molecule has 0 aliphatic carbocycles. The van der Waals surface area contributed by atoms with E-state index in [4.69, 9.17) is 10.5 Å².